The number of esters is 1. The Labute approximate surface area is 204 Å². The number of fused-ring (bicyclic) bond motifs is 2. The monoisotopic (exact) mass is 474 g/mol. The number of methoxy groups -OCH3 is 1. The van der Waals surface area contributed by atoms with Gasteiger partial charge in [-0.1, -0.05) is 24.3 Å². The van der Waals surface area contributed by atoms with Crippen LogP contribution in [0.25, 0.3) is 22.2 Å². The molecule has 35 heavy (non-hydrogen) atoms. The number of hydrogen-bond donors (Lipinski definition) is 1. The number of nitrogens with zero attached hydrogens (tertiary/aromatic N) is 3. The fraction of sp³-hybridized carbons (Fsp3) is 0.370. The molecule has 3 heterocycles. The molecule has 0 bridgehead atoms. The zero-order valence-electron chi connectivity index (χ0n) is 20.1. The average Bonchev–Trinajstić information content (AvgIpc) is 3.16. The molecular weight excluding hydrogens is 444 g/mol. The van der Waals surface area contributed by atoms with E-state index in [1.54, 1.807) is 14.0 Å². The van der Waals surface area contributed by atoms with Gasteiger partial charge >= 0.3 is 5.97 Å². The van der Waals surface area contributed by atoms with Crippen molar-refractivity contribution in [3.8, 4) is 5.75 Å². The lowest BCUT2D eigenvalue weighted by atomic mass is 9.73. The number of hydrogen-bond acceptors (Lipinski definition) is 7. The summed E-state index contributed by atoms with van der Waals surface area (Å²) in [6.45, 7) is 3.97. The number of para-hydroxylation sites is 2. The first-order valence-corrected chi connectivity index (χ1v) is 12.0. The van der Waals surface area contributed by atoms with Crippen molar-refractivity contribution >= 4 is 34.0 Å². The van der Waals surface area contributed by atoms with Crippen LogP contribution in [0.15, 0.2) is 48.5 Å². The van der Waals surface area contributed by atoms with Crippen LogP contribution in [0.2, 0.25) is 0 Å². The minimum Gasteiger partial charge on any atom is -0.497 e. The molecular formula is C27H30N4O4. The molecule has 8 heteroatoms. The first-order valence-electron chi connectivity index (χ1n) is 12.0. The van der Waals surface area contributed by atoms with Crippen molar-refractivity contribution in [3.63, 3.8) is 0 Å². The highest BCUT2D eigenvalue weighted by Crippen LogP contribution is 2.39. The normalized spacial score (nSPS) is 18.1. The quantitative estimate of drug-likeness (QED) is 0.394. The number of carbonyl (C=O) groups is 1. The van der Waals surface area contributed by atoms with Crippen LogP contribution in [0.3, 0.4) is 0 Å². The maximum absolute atomic E-state index is 12.9. The minimum atomic E-state index is -0.482. The lowest BCUT2D eigenvalue weighted by Gasteiger charge is -2.38. The van der Waals surface area contributed by atoms with Gasteiger partial charge in [-0.2, -0.15) is 0 Å². The van der Waals surface area contributed by atoms with E-state index in [0.717, 1.165) is 37.1 Å². The van der Waals surface area contributed by atoms with Gasteiger partial charge in [-0.05, 0) is 56.0 Å². The van der Waals surface area contributed by atoms with E-state index in [1.165, 1.54) is 5.56 Å². The third-order valence-electron chi connectivity index (χ3n) is 6.91. The topological polar surface area (TPSA) is 101 Å². The number of ether oxygens (including phenoxy) is 3. The van der Waals surface area contributed by atoms with Gasteiger partial charge in [0.25, 0.3) is 0 Å². The summed E-state index contributed by atoms with van der Waals surface area (Å²) in [5.74, 6) is 0.669. The van der Waals surface area contributed by atoms with E-state index in [0.29, 0.717) is 35.7 Å². The summed E-state index contributed by atoms with van der Waals surface area (Å²) < 4.78 is 18.5. The Morgan fingerprint density at radius 1 is 1.14 bits per heavy atom. The lowest BCUT2D eigenvalue weighted by Crippen LogP contribution is -2.37. The predicted molar refractivity (Wildman–Crippen MR) is 135 cm³/mol. The molecule has 1 aliphatic heterocycles. The summed E-state index contributed by atoms with van der Waals surface area (Å²) in [5, 5.41) is 0. The van der Waals surface area contributed by atoms with Crippen LogP contribution in [0.5, 0.6) is 5.75 Å². The van der Waals surface area contributed by atoms with Crippen molar-refractivity contribution in [2.24, 2.45) is 0 Å². The van der Waals surface area contributed by atoms with Gasteiger partial charge in [-0.15, -0.1) is 0 Å². The number of nitrogen functional groups attached to an aromatic ring is 1. The molecule has 5 rings (SSSR count). The van der Waals surface area contributed by atoms with Crippen LogP contribution < -0.4 is 10.5 Å². The van der Waals surface area contributed by atoms with Gasteiger partial charge in [0.1, 0.15) is 22.6 Å². The van der Waals surface area contributed by atoms with E-state index in [2.05, 4.69) is 12.1 Å². The Kier molecular flexibility index (Phi) is 6.30. The first kappa shape index (κ1) is 23.1. The van der Waals surface area contributed by atoms with Gasteiger partial charge in [0.2, 0.25) is 0 Å². The Bertz CT molecular complexity index is 1360. The Hall–Kier alpha value is -3.65. The second-order valence-corrected chi connectivity index (χ2v) is 8.93. The standard InChI is InChI=1S/C27H30N4O4/c1-3-35-26(32)22-23-25(30-21-8-5-4-7-20(21)29-23)31(24(22)28)15-14-27(13-6-16-34-17-27)18-9-11-19(33-2)12-10-18/h4-5,7-12H,3,6,13-17,28H2,1-2H3. The van der Waals surface area contributed by atoms with Gasteiger partial charge in [0.15, 0.2) is 5.65 Å². The highest BCUT2D eigenvalue weighted by atomic mass is 16.5. The summed E-state index contributed by atoms with van der Waals surface area (Å²) in [7, 11) is 1.67. The molecule has 1 unspecified atom stereocenters. The zero-order valence-corrected chi connectivity index (χ0v) is 20.1. The number of nitrogens with two attached hydrogens (primary N) is 1. The molecule has 0 saturated carbocycles. The van der Waals surface area contributed by atoms with Crippen molar-refractivity contribution in [1.29, 1.82) is 0 Å². The van der Waals surface area contributed by atoms with Crippen molar-refractivity contribution in [3.05, 3.63) is 59.7 Å². The van der Waals surface area contributed by atoms with Crippen LogP contribution in [-0.2, 0) is 21.4 Å². The van der Waals surface area contributed by atoms with Crippen LogP contribution in [0, 0.1) is 0 Å². The number of aryl methyl sites for hydroxylation is 1. The highest BCUT2D eigenvalue weighted by molar-refractivity contribution is 6.08. The molecule has 1 atom stereocenters. The van der Waals surface area contributed by atoms with Crippen molar-refractivity contribution in [1.82, 2.24) is 14.5 Å². The molecule has 182 valence electrons. The molecule has 0 aliphatic carbocycles. The average molecular weight is 475 g/mol. The van der Waals surface area contributed by atoms with Gasteiger partial charge < -0.3 is 24.5 Å². The van der Waals surface area contributed by atoms with Gasteiger partial charge in [0.05, 0.1) is 31.4 Å². The molecule has 0 radical (unpaired) electrons. The van der Waals surface area contributed by atoms with E-state index < -0.39 is 5.97 Å². The summed E-state index contributed by atoms with van der Waals surface area (Å²) in [6, 6.07) is 15.8. The second-order valence-electron chi connectivity index (χ2n) is 8.93. The summed E-state index contributed by atoms with van der Waals surface area (Å²) in [6.07, 6.45) is 2.74. The Balaban J connectivity index is 1.58. The molecule has 0 spiro atoms. The van der Waals surface area contributed by atoms with Crippen LogP contribution in [-0.4, -0.2) is 47.4 Å². The summed E-state index contributed by atoms with van der Waals surface area (Å²) in [5.41, 5.74) is 10.4. The van der Waals surface area contributed by atoms with E-state index in [9.17, 15) is 4.79 Å². The molecule has 1 saturated heterocycles. The van der Waals surface area contributed by atoms with Crippen molar-refractivity contribution in [2.45, 2.75) is 38.1 Å². The fourth-order valence-electron chi connectivity index (χ4n) is 5.04. The smallest absolute Gasteiger partial charge is 0.344 e. The lowest BCUT2D eigenvalue weighted by molar-refractivity contribution is 0.0284. The minimum absolute atomic E-state index is 0.179. The van der Waals surface area contributed by atoms with Gasteiger partial charge in [-0.25, -0.2) is 14.8 Å². The van der Waals surface area contributed by atoms with Crippen LogP contribution in [0.4, 0.5) is 5.82 Å². The number of anilines is 1. The van der Waals surface area contributed by atoms with E-state index in [1.807, 2.05) is 41.0 Å². The highest BCUT2D eigenvalue weighted by Gasteiger charge is 2.35. The fourth-order valence-corrected chi connectivity index (χ4v) is 5.04. The second kappa shape index (κ2) is 9.54. The number of aromatic nitrogens is 3. The Morgan fingerprint density at radius 2 is 1.89 bits per heavy atom. The largest absolute Gasteiger partial charge is 0.497 e. The number of benzene rings is 2. The van der Waals surface area contributed by atoms with Crippen molar-refractivity contribution in [2.75, 3.05) is 32.7 Å². The Morgan fingerprint density at radius 3 is 2.54 bits per heavy atom. The molecule has 1 fully saturated rings. The molecule has 2 aromatic carbocycles. The van der Waals surface area contributed by atoms with Crippen molar-refractivity contribution < 1.29 is 19.0 Å². The molecule has 2 aromatic heterocycles. The third-order valence-corrected chi connectivity index (χ3v) is 6.91. The molecule has 1 aliphatic rings. The summed E-state index contributed by atoms with van der Waals surface area (Å²) >= 11 is 0. The van der Waals surface area contributed by atoms with Crippen LogP contribution in [0.1, 0.15) is 42.1 Å². The van der Waals surface area contributed by atoms with E-state index >= 15 is 0 Å². The zero-order chi connectivity index (χ0) is 24.4. The third kappa shape index (κ3) is 4.18. The molecule has 0 amide bonds. The van der Waals surface area contributed by atoms with E-state index in [-0.39, 0.29) is 17.6 Å². The predicted octanol–water partition coefficient (Wildman–Crippen LogP) is 4.49. The molecule has 8 nitrogen and oxygen atoms in total. The maximum atomic E-state index is 12.9. The van der Waals surface area contributed by atoms with Gasteiger partial charge in [0, 0.05) is 18.6 Å². The number of carbonyl (C=O) groups excluding carboxylic acids is 1. The first-order chi connectivity index (χ1) is 17.1. The van der Waals surface area contributed by atoms with E-state index in [4.69, 9.17) is 29.9 Å². The summed E-state index contributed by atoms with van der Waals surface area (Å²) in [4.78, 5) is 22.5. The van der Waals surface area contributed by atoms with Gasteiger partial charge in [-0.3, -0.25) is 0 Å². The number of rotatable bonds is 7. The van der Waals surface area contributed by atoms with Crippen LogP contribution >= 0.6 is 0 Å². The molecule has 2 N–H and O–H groups in total. The SMILES string of the molecule is CCOC(=O)c1c(N)n(CCC2(c3ccc(OC)cc3)CCCOC2)c2nc3ccccc3nc12. The molecule has 4 aromatic rings. The maximum Gasteiger partial charge on any atom is 0.344 e.